The summed E-state index contributed by atoms with van der Waals surface area (Å²) >= 11 is 0. The third kappa shape index (κ3) is 8.17. The third-order valence-electron chi connectivity index (χ3n) is 2.20. The lowest BCUT2D eigenvalue weighted by molar-refractivity contribution is 0.0526. The normalized spacial score (nSPS) is 13.6. The number of hydrogen-bond acceptors (Lipinski definition) is 4. The van der Waals surface area contributed by atoms with Gasteiger partial charge < -0.3 is 18.9 Å². The SMILES string of the molecule is CO[SiH](OC)C(C)CCNC(=O)OC(C)(C)C. The molecule has 0 saturated heterocycles. The molecule has 0 aromatic heterocycles. The van der Waals surface area contributed by atoms with Crippen LogP contribution in [0, 0.1) is 0 Å². The minimum atomic E-state index is -1.58. The van der Waals surface area contributed by atoms with Gasteiger partial charge in [-0.25, -0.2) is 4.79 Å². The van der Waals surface area contributed by atoms with E-state index in [4.69, 9.17) is 13.6 Å². The fraction of sp³-hybridized carbons (Fsp3) is 0.909. The molecule has 1 unspecified atom stereocenters. The highest BCUT2D eigenvalue weighted by molar-refractivity contribution is 6.46. The zero-order chi connectivity index (χ0) is 13.5. The Morgan fingerprint density at radius 2 is 1.82 bits per heavy atom. The van der Waals surface area contributed by atoms with Crippen LogP contribution in [0.4, 0.5) is 4.79 Å². The highest BCUT2D eigenvalue weighted by Gasteiger charge is 2.20. The molecule has 1 amide bonds. The van der Waals surface area contributed by atoms with Crippen LogP contribution < -0.4 is 5.32 Å². The second-order valence-electron chi connectivity index (χ2n) is 5.03. The molecule has 0 bridgehead atoms. The fourth-order valence-electron chi connectivity index (χ4n) is 1.41. The van der Waals surface area contributed by atoms with Crippen molar-refractivity contribution in [2.24, 2.45) is 0 Å². The lowest BCUT2D eigenvalue weighted by Crippen LogP contribution is -2.34. The van der Waals surface area contributed by atoms with Crippen molar-refractivity contribution in [1.82, 2.24) is 5.32 Å². The minimum absolute atomic E-state index is 0.347. The van der Waals surface area contributed by atoms with E-state index in [0.717, 1.165) is 6.42 Å². The van der Waals surface area contributed by atoms with Crippen LogP contribution in [0.2, 0.25) is 5.54 Å². The predicted molar refractivity (Wildman–Crippen MR) is 69.4 cm³/mol. The number of rotatable bonds is 6. The van der Waals surface area contributed by atoms with Crippen LogP contribution in [0.25, 0.3) is 0 Å². The van der Waals surface area contributed by atoms with E-state index >= 15 is 0 Å². The van der Waals surface area contributed by atoms with E-state index in [1.807, 2.05) is 20.8 Å². The summed E-state index contributed by atoms with van der Waals surface area (Å²) in [7, 11) is 1.75. The first-order valence-electron chi connectivity index (χ1n) is 5.82. The number of carbonyl (C=O) groups excluding carboxylic acids is 1. The molecule has 0 spiro atoms. The Labute approximate surface area is 106 Å². The predicted octanol–water partition coefficient (Wildman–Crippen LogP) is 1.80. The molecule has 102 valence electrons. The fourth-order valence-corrected chi connectivity index (χ4v) is 2.97. The lowest BCUT2D eigenvalue weighted by atomic mass is 10.2. The van der Waals surface area contributed by atoms with Gasteiger partial charge >= 0.3 is 15.4 Å². The smallest absolute Gasteiger partial charge is 0.407 e. The quantitative estimate of drug-likeness (QED) is 0.743. The van der Waals surface area contributed by atoms with Gasteiger partial charge in [0.1, 0.15) is 5.60 Å². The van der Waals surface area contributed by atoms with E-state index in [-0.39, 0.29) is 6.09 Å². The van der Waals surface area contributed by atoms with Gasteiger partial charge in [-0.3, -0.25) is 0 Å². The van der Waals surface area contributed by atoms with Crippen molar-refractivity contribution in [3.05, 3.63) is 0 Å². The minimum Gasteiger partial charge on any atom is -0.444 e. The summed E-state index contributed by atoms with van der Waals surface area (Å²) in [6.45, 7) is 8.17. The second kappa shape index (κ2) is 7.68. The van der Waals surface area contributed by atoms with E-state index in [1.165, 1.54) is 0 Å². The van der Waals surface area contributed by atoms with Crippen molar-refractivity contribution in [3.63, 3.8) is 0 Å². The Balaban J connectivity index is 3.80. The average molecular weight is 263 g/mol. The molecular weight excluding hydrogens is 238 g/mol. The molecule has 0 heterocycles. The lowest BCUT2D eigenvalue weighted by Gasteiger charge is -2.21. The molecule has 1 atom stereocenters. The van der Waals surface area contributed by atoms with Crippen molar-refractivity contribution in [2.45, 2.75) is 45.3 Å². The summed E-state index contributed by atoms with van der Waals surface area (Å²) in [5.41, 5.74) is -0.105. The van der Waals surface area contributed by atoms with Crippen LogP contribution in [0.15, 0.2) is 0 Å². The average Bonchev–Trinajstić information content (AvgIpc) is 2.16. The van der Waals surface area contributed by atoms with Crippen LogP contribution in [0.1, 0.15) is 34.1 Å². The molecule has 6 heteroatoms. The van der Waals surface area contributed by atoms with Crippen molar-refractivity contribution >= 4 is 15.4 Å². The van der Waals surface area contributed by atoms with Gasteiger partial charge in [-0.1, -0.05) is 6.92 Å². The van der Waals surface area contributed by atoms with E-state index < -0.39 is 14.9 Å². The van der Waals surface area contributed by atoms with Crippen LogP contribution in [0.5, 0.6) is 0 Å². The second-order valence-corrected chi connectivity index (χ2v) is 7.85. The van der Waals surface area contributed by atoms with Crippen LogP contribution in [-0.2, 0) is 13.6 Å². The third-order valence-corrected chi connectivity index (χ3v) is 4.39. The number of carbonyl (C=O) groups is 1. The Kier molecular flexibility index (Phi) is 7.41. The number of alkyl carbamates (subject to hydrolysis) is 1. The molecule has 0 aromatic rings. The van der Waals surface area contributed by atoms with Gasteiger partial charge in [-0.15, -0.1) is 0 Å². The summed E-state index contributed by atoms with van der Waals surface area (Å²) < 4.78 is 15.7. The van der Waals surface area contributed by atoms with Gasteiger partial charge in [0.15, 0.2) is 0 Å². The summed E-state index contributed by atoms with van der Waals surface area (Å²) in [5.74, 6) is 0. The van der Waals surface area contributed by atoms with Crippen LogP contribution >= 0.6 is 0 Å². The van der Waals surface area contributed by atoms with Crippen molar-refractivity contribution in [3.8, 4) is 0 Å². The molecule has 0 aliphatic carbocycles. The molecule has 17 heavy (non-hydrogen) atoms. The number of nitrogens with one attached hydrogen (secondary N) is 1. The van der Waals surface area contributed by atoms with E-state index in [9.17, 15) is 4.79 Å². The molecule has 0 aliphatic rings. The Morgan fingerprint density at radius 1 is 1.29 bits per heavy atom. The number of amides is 1. The molecule has 0 fully saturated rings. The summed E-state index contributed by atoms with van der Waals surface area (Å²) in [5, 5.41) is 2.72. The maximum Gasteiger partial charge on any atom is 0.407 e. The first-order chi connectivity index (χ1) is 7.80. The van der Waals surface area contributed by atoms with Crippen molar-refractivity contribution < 1.29 is 18.4 Å². The topological polar surface area (TPSA) is 56.8 Å². The highest BCUT2D eigenvalue weighted by Crippen LogP contribution is 2.14. The molecule has 0 aromatic carbocycles. The largest absolute Gasteiger partial charge is 0.444 e. The van der Waals surface area contributed by atoms with Crippen molar-refractivity contribution in [2.75, 3.05) is 20.8 Å². The number of ether oxygens (including phenoxy) is 1. The molecule has 1 N–H and O–H groups in total. The first-order valence-corrected chi connectivity index (χ1v) is 7.43. The molecule has 5 nitrogen and oxygen atoms in total. The standard InChI is InChI=1S/C11H25NO4Si/c1-9(17(14-5)15-6)7-8-12-10(13)16-11(2,3)4/h9,17H,7-8H2,1-6H3,(H,12,13). The Bertz CT molecular complexity index is 226. The Morgan fingerprint density at radius 3 is 2.24 bits per heavy atom. The first kappa shape index (κ1) is 16.4. The molecule has 0 rings (SSSR count). The zero-order valence-electron chi connectivity index (χ0n) is 11.7. The van der Waals surface area contributed by atoms with Gasteiger partial charge in [-0.05, 0) is 32.7 Å². The van der Waals surface area contributed by atoms with Gasteiger partial charge in [0, 0.05) is 20.8 Å². The molecule has 0 saturated carbocycles. The highest BCUT2D eigenvalue weighted by atomic mass is 28.3. The zero-order valence-corrected chi connectivity index (χ0v) is 12.9. The summed E-state index contributed by atoms with van der Waals surface area (Å²) in [6, 6.07) is 0. The van der Waals surface area contributed by atoms with E-state index in [0.29, 0.717) is 12.1 Å². The van der Waals surface area contributed by atoms with Crippen LogP contribution in [0.3, 0.4) is 0 Å². The van der Waals surface area contributed by atoms with E-state index in [1.54, 1.807) is 14.2 Å². The number of hydrogen-bond donors (Lipinski definition) is 1. The molecular formula is C11H25NO4Si. The van der Waals surface area contributed by atoms with Crippen molar-refractivity contribution in [1.29, 1.82) is 0 Å². The van der Waals surface area contributed by atoms with E-state index in [2.05, 4.69) is 12.2 Å². The van der Waals surface area contributed by atoms with Gasteiger partial charge in [0.2, 0.25) is 0 Å². The van der Waals surface area contributed by atoms with Gasteiger partial charge in [-0.2, -0.15) is 0 Å². The van der Waals surface area contributed by atoms with Gasteiger partial charge in [0.25, 0.3) is 0 Å². The van der Waals surface area contributed by atoms with Gasteiger partial charge in [0.05, 0.1) is 0 Å². The summed E-state index contributed by atoms with van der Waals surface area (Å²) in [6.07, 6.45) is 0.454. The maximum atomic E-state index is 11.4. The maximum absolute atomic E-state index is 11.4. The Hall–Kier alpha value is -0.593. The molecule has 0 aliphatic heterocycles. The monoisotopic (exact) mass is 263 g/mol. The van der Waals surface area contributed by atoms with Crippen LogP contribution in [-0.4, -0.2) is 41.7 Å². The summed E-state index contributed by atoms with van der Waals surface area (Å²) in [4.78, 5) is 11.4. The molecule has 0 radical (unpaired) electrons.